The van der Waals surface area contributed by atoms with Crippen LogP contribution in [0.2, 0.25) is 0 Å². The Kier molecular flexibility index (Phi) is 18.3. The molecule has 0 amide bonds. The maximum absolute atomic E-state index is 16.6. The van der Waals surface area contributed by atoms with E-state index in [0.29, 0.717) is 6.61 Å². The first-order valence-electron chi connectivity index (χ1n) is 22.1. The van der Waals surface area contributed by atoms with Crippen LogP contribution >= 0.6 is 0 Å². The summed E-state index contributed by atoms with van der Waals surface area (Å²) in [6.45, 7) is 2.41. The molecule has 1 aliphatic rings. The first-order valence-corrected chi connectivity index (χ1v) is 22.1. The Balaban J connectivity index is 1.14. The van der Waals surface area contributed by atoms with E-state index < -0.39 is 49.0 Å². The molecule has 0 N–H and O–H groups in total. The van der Waals surface area contributed by atoms with Crippen molar-refractivity contribution in [2.75, 3.05) is 19.8 Å². The summed E-state index contributed by atoms with van der Waals surface area (Å²) in [6.07, 6.45) is -8.30. The number of ether oxygens (including phenoxy) is 8. The SMILES string of the molecule is CC(=O)CCC(=O)O[C@@H]1C(F)[C@H](OCC(OCc2ccccc2)C(OCc2ccccc2)C(COCc2ccc3ccccc3c2)OCc2ccccc2)O[C@@H]1COCc1ccccc1. The second kappa shape index (κ2) is 25.2. The van der Waals surface area contributed by atoms with E-state index in [1.165, 1.54) is 6.92 Å². The van der Waals surface area contributed by atoms with Crippen LogP contribution in [0, 0.1) is 0 Å². The molecule has 0 aliphatic carbocycles. The van der Waals surface area contributed by atoms with Crippen molar-refractivity contribution in [2.45, 2.75) is 95.8 Å². The minimum absolute atomic E-state index is 0.0250. The van der Waals surface area contributed by atoms with E-state index in [1.807, 2.05) is 140 Å². The molecule has 4 unspecified atom stereocenters. The molecule has 0 saturated carbocycles. The monoisotopic (exact) mass is 884 g/mol. The smallest absolute Gasteiger partial charge is 0.306 e. The zero-order valence-electron chi connectivity index (χ0n) is 36.7. The van der Waals surface area contributed by atoms with Gasteiger partial charge in [0.05, 0.1) is 59.3 Å². The summed E-state index contributed by atoms with van der Waals surface area (Å²) in [6, 6.07) is 53.2. The van der Waals surface area contributed by atoms with Gasteiger partial charge in [0.2, 0.25) is 0 Å². The van der Waals surface area contributed by atoms with Gasteiger partial charge in [0.1, 0.15) is 30.2 Å². The molecule has 1 heterocycles. The highest BCUT2D eigenvalue weighted by Gasteiger charge is 2.49. The van der Waals surface area contributed by atoms with Crippen molar-refractivity contribution in [3.8, 4) is 0 Å². The quantitative estimate of drug-likeness (QED) is 0.0489. The number of alkyl halides is 1. The molecule has 7 atom stereocenters. The predicted molar refractivity (Wildman–Crippen MR) is 244 cm³/mol. The number of carbonyl (C=O) groups is 2. The number of halogens is 1. The summed E-state index contributed by atoms with van der Waals surface area (Å²) in [5.74, 6) is -0.896. The van der Waals surface area contributed by atoms with Gasteiger partial charge in [-0.2, -0.15) is 0 Å². The minimum Gasteiger partial charge on any atom is -0.456 e. The first-order chi connectivity index (χ1) is 31.9. The van der Waals surface area contributed by atoms with Crippen LogP contribution in [0.4, 0.5) is 4.39 Å². The fourth-order valence-electron chi connectivity index (χ4n) is 7.51. The van der Waals surface area contributed by atoms with Crippen molar-refractivity contribution in [3.63, 3.8) is 0 Å². The molecule has 11 heteroatoms. The third-order valence-electron chi connectivity index (χ3n) is 11.0. The number of hydrogen-bond acceptors (Lipinski definition) is 10. The van der Waals surface area contributed by atoms with Crippen LogP contribution in [0.1, 0.15) is 47.6 Å². The zero-order valence-corrected chi connectivity index (χ0v) is 36.7. The maximum atomic E-state index is 16.6. The van der Waals surface area contributed by atoms with Gasteiger partial charge >= 0.3 is 5.97 Å². The van der Waals surface area contributed by atoms with E-state index in [2.05, 4.69) is 24.3 Å². The molecule has 65 heavy (non-hydrogen) atoms. The Morgan fingerprint density at radius 2 is 1.06 bits per heavy atom. The van der Waals surface area contributed by atoms with Crippen molar-refractivity contribution in [2.24, 2.45) is 0 Å². The molecule has 1 fully saturated rings. The maximum Gasteiger partial charge on any atom is 0.306 e. The molecule has 1 aliphatic heterocycles. The van der Waals surface area contributed by atoms with Crippen molar-refractivity contribution >= 4 is 22.5 Å². The van der Waals surface area contributed by atoms with E-state index in [-0.39, 0.29) is 64.9 Å². The van der Waals surface area contributed by atoms with Gasteiger partial charge in [0.25, 0.3) is 0 Å². The highest BCUT2D eigenvalue weighted by Crippen LogP contribution is 2.30. The van der Waals surface area contributed by atoms with E-state index in [4.69, 9.17) is 37.9 Å². The second-order valence-corrected chi connectivity index (χ2v) is 16.1. The zero-order chi connectivity index (χ0) is 45.1. The standard InChI is InChI=1S/C54H57FO10/c1-39(56)26-29-50(57)65-53-49(37-58-31-40-16-6-2-7-17-40)64-54(51(53)55)63-38-48(61-34-42-20-10-4-11-21-42)52(62-35-43-22-12-5-13-23-43)47(60-33-41-18-8-3-9-19-41)36-59-32-44-27-28-45-24-14-15-25-46(45)30-44/h2-25,27-28,30,47-49,51-54H,26,29,31-38H2,1H3/t47?,48?,49-,51?,52?,53+,54-/m1/s1. The van der Waals surface area contributed by atoms with Crippen LogP contribution in [-0.4, -0.2) is 74.6 Å². The molecule has 6 aromatic carbocycles. The number of Topliss-reactive ketones (excluding diaryl/α,β-unsaturated/α-hetero) is 1. The average molecular weight is 885 g/mol. The van der Waals surface area contributed by atoms with Crippen LogP contribution < -0.4 is 0 Å². The molecule has 1 saturated heterocycles. The van der Waals surface area contributed by atoms with Gasteiger partial charge in [-0.1, -0.05) is 158 Å². The molecule has 0 radical (unpaired) electrons. The van der Waals surface area contributed by atoms with E-state index in [0.717, 1.165) is 38.6 Å². The van der Waals surface area contributed by atoms with Crippen LogP contribution in [0.5, 0.6) is 0 Å². The highest BCUT2D eigenvalue weighted by molar-refractivity contribution is 5.83. The summed E-state index contributed by atoms with van der Waals surface area (Å²) in [5, 5.41) is 2.25. The van der Waals surface area contributed by atoms with Crippen LogP contribution in [0.15, 0.2) is 164 Å². The molecule has 340 valence electrons. The number of esters is 1. The molecule has 7 rings (SSSR count). The van der Waals surface area contributed by atoms with Gasteiger partial charge in [0.15, 0.2) is 18.6 Å². The lowest BCUT2D eigenvalue weighted by molar-refractivity contribution is -0.214. The lowest BCUT2D eigenvalue weighted by Gasteiger charge is -2.34. The number of ketones is 1. The van der Waals surface area contributed by atoms with Gasteiger partial charge in [0, 0.05) is 6.42 Å². The lowest BCUT2D eigenvalue weighted by Crippen LogP contribution is -2.48. The molecule has 6 aromatic rings. The number of fused-ring (bicyclic) bond motifs is 1. The number of carbonyl (C=O) groups excluding carboxylic acids is 2. The Morgan fingerprint density at radius 3 is 1.65 bits per heavy atom. The van der Waals surface area contributed by atoms with Crippen molar-refractivity contribution in [3.05, 3.63) is 192 Å². The summed E-state index contributed by atoms with van der Waals surface area (Å²) < 4.78 is 67.4. The average Bonchev–Trinajstić information content (AvgIpc) is 3.63. The molecule has 10 nitrogen and oxygen atoms in total. The molecule has 0 aromatic heterocycles. The molecular weight excluding hydrogens is 828 g/mol. The van der Waals surface area contributed by atoms with E-state index in [9.17, 15) is 9.59 Å². The Morgan fingerprint density at radius 1 is 0.554 bits per heavy atom. The van der Waals surface area contributed by atoms with Crippen LogP contribution in [0.25, 0.3) is 10.8 Å². The molecule has 0 bridgehead atoms. The van der Waals surface area contributed by atoms with Gasteiger partial charge in [-0.15, -0.1) is 0 Å². The highest BCUT2D eigenvalue weighted by atomic mass is 19.1. The molecular formula is C54H57FO10. The number of hydrogen-bond donors (Lipinski definition) is 0. The second-order valence-electron chi connectivity index (χ2n) is 16.1. The van der Waals surface area contributed by atoms with Crippen LogP contribution in [-0.2, 0) is 80.5 Å². The largest absolute Gasteiger partial charge is 0.456 e. The Bertz CT molecular complexity index is 2320. The summed E-state index contributed by atoms with van der Waals surface area (Å²) >= 11 is 0. The van der Waals surface area contributed by atoms with E-state index in [1.54, 1.807) is 0 Å². The van der Waals surface area contributed by atoms with Gasteiger partial charge in [-0.25, -0.2) is 4.39 Å². The Labute approximate surface area is 380 Å². The lowest BCUT2D eigenvalue weighted by atomic mass is 10.1. The van der Waals surface area contributed by atoms with Crippen molar-refractivity contribution in [1.29, 1.82) is 0 Å². The predicted octanol–water partition coefficient (Wildman–Crippen LogP) is 9.69. The van der Waals surface area contributed by atoms with Gasteiger partial charge in [-0.3, -0.25) is 4.79 Å². The summed E-state index contributed by atoms with van der Waals surface area (Å²) in [4.78, 5) is 24.6. The van der Waals surface area contributed by atoms with Gasteiger partial charge < -0.3 is 42.7 Å². The fourth-order valence-corrected chi connectivity index (χ4v) is 7.51. The normalized spacial score (nSPS) is 18.6. The van der Waals surface area contributed by atoms with Gasteiger partial charge in [-0.05, 0) is 51.6 Å². The topological polar surface area (TPSA) is 108 Å². The molecule has 0 spiro atoms. The van der Waals surface area contributed by atoms with Crippen molar-refractivity contribution in [1.82, 2.24) is 0 Å². The first kappa shape index (κ1) is 47.3. The third kappa shape index (κ3) is 15.0. The van der Waals surface area contributed by atoms with E-state index >= 15 is 4.39 Å². The fraction of sp³-hybridized carbons (Fsp3) is 0.333. The van der Waals surface area contributed by atoms with Crippen molar-refractivity contribution < 1.29 is 51.9 Å². The Hall–Kier alpha value is -5.63. The summed E-state index contributed by atoms with van der Waals surface area (Å²) in [5.41, 5.74) is 4.70. The summed E-state index contributed by atoms with van der Waals surface area (Å²) in [7, 11) is 0. The number of benzene rings is 6. The third-order valence-corrected chi connectivity index (χ3v) is 11.0. The van der Waals surface area contributed by atoms with Crippen LogP contribution in [0.3, 0.4) is 0 Å². The minimum atomic E-state index is -1.89. The number of rotatable bonds is 26.